The van der Waals surface area contributed by atoms with Crippen molar-refractivity contribution >= 4 is 11.4 Å². The van der Waals surface area contributed by atoms with Crippen molar-refractivity contribution in [2.24, 2.45) is 12.5 Å². The molecule has 20 heavy (non-hydrogen) atoms. The largest absolute Gasteiger partial charge is 0.598 e. The fourth-order valence-electron chi connectivity index (χ4n) is 2.90. The molecule has 1 unspecified atom stereocenters. The average Bonchev–Trinajstić information content (AvgIpc) is 2.94. The van der Waals surface area contributed by atoms with Gasteiger partial charge in [0.1, 0.15) is 10.8 Å². The van der Waals surface area contributed by atoms with Crippen LogP contribution in [-0.2, 0) is 18.4 Å². The number of nitrogens with one attached hydrogen (secondary N) is 1. The zero-order chi connectivity index (χ0) is 15.0. The maximum atomic E-state index is 12.5. The van der Waals surface area contributed by atoms with Crippen LogP contribution in [0.4, 0.5) is 0 Å². The van der Waals surface area contributed by atoms with E-state index in [1.807, 2.05) is 44.8 Å². The van der Waals surface area contributed by atoms with Gasteiger partial charge in [0.25, 0.3) is 0 Å². The molecule has 4 nitrogen and oxygen atoms in total. The summed E-state index contributed by atoms with van der Waals surface area (Å²) in [4.78, 5) is 0. The van der Waals surface area contributed by atoms with E-state index in [0.717, 1.165) is 5.69 Å². The Hall–Kier alpha value is -0.520. The van der Waals surface area contributed by atoms with Gasteiger partial charge in [0.2, 0.25) is 0 Å². The fraction of sp³-hybridized carbons (Fsp3) is 0.800. The number of aromatic nitrogens is 2. The van der Waals surface area contributed by atoms with Gasteiger partial charge in [-0.25, -0.2) is 0 Å². The van der Waals surface area contributed by atoms with E-state index < -0.39 is 11.4 Å². The van der Waals surface area contributed by atoms with Gasteiger partial charge in [-0.1, -0.05) is 19.8 Å². The monoisotopic (exact) mass is 297 g/mol. The molecule has 0 saturated heterocycles. The number of nitrogens with zero attached hydrogens (tertiary/aromatic N) is 2. The van der Waals surface area contributed by atoms with Crippen LogP contribution in [0.2, 0.25) is 0 Å². The van der Waals surface area contributed by atoms with Crippen LogP contribution in [0.5, 0.6) is 0 Å². The Morgan fingerprint density at radius 1 is 1.40 bits per heavy atom. The molecule has 0 aliphatic heterocycles. The Kier molecular flexibility index (Phi) is 4.52. The third-order valence-electron chi connectivity index (χ3n) is 4.25. The summed E-state index contributed by atoms with van der Waals surface area (Å²) in [6.07, 6.45) is 6.81. The van der Waals surface area contributed by atoms with Crippen molar-refractivity contribution in [1.29, 1.82) is 0 Å². The number of aryl methyl sites for hydroxylation is 1. The van der Waals surface area contributed by atoms with Gasteiger partial charge in [-0.2, -0.15) is 5.10 Å². The number of hydrogen-bond donors (Lipinski definition) is 1. The molecule has 0 spiro atoms. The minimum Gasteiger partial charge on any atom is -0.598 e. The SMILES string of the molecule is Cn1ccc(C(N[S@+]([O-])C(C)(C)C)C2(C)CCCC2)n1. The molecule has 2 atom stereocenters. The molecule has 1 aliphatic carbocycles. The van der Waals surface area contributed by atoms with Gasteiger partial charge in [-0.05, 0) is 45.1 Å². The predicted molar refractivity (Wildman–Crippen MR) is 83.6 cm³/mol. The molecule has 0 amide bonds. The van der Waals surface area contributed by atoms with Gasteiger partial charge < -0.3 is 4.55 Å². The lowest BCUT2D eigenvalue weighted by atomic mass is 9.79. The summed E-state index contributed by atoms with van der Waals surface area (Å²) in [5.41, 5.74) is 1.16. The standard InChI is InChI=1S/C15H27N3OS/c1-14(2,3)20(19)17-13(12-8-11-18(5)16-12)15(4)9-6-7-10-15/h8,11,13,17H,6-7,9-10H2,1-5H3/t13?,20-/m1/s1. The second kappa shape index (κ2) is 5.70. The summed E-state index contributed by atoms with van der Waals surface area (Å²) >= 11 is -1.08. The molecule has 5 heteroatoms. The zero-order valence-electron chi connectivity index (χ0n) is 13.3. The van der Waals surface area contributed by atoms with Crippen molar-refractivity contribution < 1.29 is 4.55 Å². The third kappa shape index (κ3) is 3.38. The first-order valence-corrected chi connectivity index (χ1v) is 8.55. The summed E-state index contributed by atoms with van der Waals surface area (Å²) < 4.78 is 17.4. The Morgan fingerprint density at radius 2 is 2.00 bits per heavy atom. The van der Waals surface area contributed by atoms with Crippen LogP contribution < -0.4 is 4.72 Å². The maximum absolute atomic E-state index is 12.5. The molecule has 1 aromatic heterocycles. The van der Waals surface area contributed by atoms with Gasteiger partial charge in [-0.15, -0.1) is 4.72 Å². The van der Waals surface area contributed by atoms with Crippen LogP contribution in [0.15, 0.2) is 12.3 Å². The van der Waals surface area contributed by atoms with E-state index in [4.69, 9.17) is 0 Å². The van der Waals surface area contributed by atoms with E-state index in [1.165, 1.54) is 25.7 Å². The smallest absolute Gasteiger partial charge is 0.136 e. The van der Waals surface area contributed by atoms with Crippen LogP contribution in [0.25, 0.3) is 0 Å². The first-order chi connectivity index (χ1) is 9.22. The summed E-state index contributed by atoms with van der Waals surface area (Å²) in [5.74, 6) is 0. The number of rotatable bonds is 4. The van der Waals surface area contributed by atoms with Crippen molar-refractivity contribution in [2.75, 3.05) is 0 Å². The molecule has 1 aromatic rings. The van der Waals surface area contributed by atoms with E-state index in [1.54, 1.807) is 0 Å². The topological polar surface area (TPSA) is 52.9 Å². The zero-order valence-corrected chi connectivity index (χ0v) is 14.1. The second-order valence-electron chi connectivity index (χ2n) is 7.21. The van der Waals surface area contributed by atoms with Gasteiger partial charge in [0.05, 0.1) is 5.69 Å². The lowest BCUT2D eigenvalue weighted by Crippen LogP contribution is -2.45. The minimum absolute atomic E-state index is 0.0614. The third-order valence-corrected chi connectivity index (χ3v) is 5.82. The molecule has 1 N–H and O–H groups in total. The van der Waals surface area contributed by atoms with E-state index >= 15 is 0 Å². The first kappa shape index (κ1) is 15.9. The van der Waals surface area contributed by atoms with Crippen LogP contribution in [-0.4, -0.2) is 19.1 Å². The molecule has 1 aliphatic rings. The highest BCUT2D eigenvalue weighted by Gasteiger charge is 2.43. The Labute approximate surface area is 125 Å². The van der Waals surface area contributed by atoms with Crippen molar-refractivity contribution in [3.63, 3.8) is 0 Å². The highest BCUT2D eigenvalue weighted by molar-refractivity contribution is 7.90. The number of hydrogen-bond acceptors (Lipinski definition) is 3. The molecule has 1 saturated carbocycles. The summed E-state index contributed by atoms with van der Waals surface area (Å²) in [7, 11) is 1.93. The maximum Gasteiger partial charge on any atom is 0.136 e. The summed E-state index contributed by atoms with van der Waals surface area (Å²) in [6.45, 7) is 8.31. The molecular formula is C15H27N3OS. The van der Waals surface area contributed by atoms with Gasteiger partial charge in [0, 0.05) is 24.6 Å². The quantitative estimate of drug-likeness (QED) is 0.869. The van der Waals surface area contributed by atoms with Crippen LogP contribution in [0, 0.1) is 5.41 Å². The second-order valence-corrected chi connectivity index (χ2v) is 9.21. The normalized spacial score (nSPS) is 21.9. The van der Waals surface area contributed by atoms with Crippen molar-refractivity contribution in [3.8, 4) is 0 Å². The van der Waals surface area contributed by atoms with Gasteiger partial charge in [-0.3, -0.25) is 4.68 Å². The van der Waals surface area contributed by atoms with Crippen LogP contribution >= 0.6 is 0 Å². The summed E-state index contributed by atoms with van der Waals surface area (Å²) in [5, 5.41) is 4.56. The Morgan fingerprint density at radius 3 is 2.45 bits per heavy atom. The van der Waals surface area contributed by atoms with Crippen molar-refractivity contribution in [1.82, 2.24) is 14.5 Å². The molecule has 1 heterocycles. The van der Waals surface area contributed by atoms with Crippen molar-refractivity contribution in [3.05, 3.63) is 18.0 Å². The van der Waals surface area contributed by atoms with Crippen molar-refractivity contribution in [2.45, 2.75) is 64.2 Å². The van der Waals surface area contributed by atoms with Gasteiger partial charge in [0.15, 0.2) is 0 Å². The minimum atomic E-state index is -1.08. The molecule has 2 rings (SSSR count). The molecule has 0 bridgehead atoms. The fourth-order valence-corrected chi connectivity index (χ4v) is 3.87. The predicted octanol–water partition coefficient (Wildman–Crippen LogP) is 3.09. The van der Waals surface area contributed by atoms with E-state index in [9.17, 15) is 4.55 Å². The highest BCUT2D eigenvalue weighted by atomic mass is 32.2. The van der Waals surface area contributed by atoms with E-state index in [2.05, 4.69) is 16.7 Å². The molecule has 114 valence electrons. The summed E-state index contributed by atoms with van der Waals surface area (Å²) in [6, 6.07) is 2.10. The molecule has 0 aromatic carbocycles. The van der Waals surface area contributed by atoms with Crippen LogP contribution in [0.1, 0.15) is 65.1 Å². The Bertz CT molecular complexity index is 446. The molecule has 0 radical (unpaired) electrons. The average molecular weight is 297 g/mol. The molecule has 1 fully saturated rings. The lowest BCUT2D eigenvalue weighted by Gasteiger charge is -2.36. The Balaban J connectivity index is 2.25. The lowest BCUT2D eigenvalue weighted by molar-refractivity contribution is 0.242. The highest BCUT2D eigenvalue weighted by Crippen LogP contribution is 2.47. The first-order valence-electron chi connectivity index (χ1n) is 7.40. The van der Waals surface area contributed by atoms with Gasteiger partial charge >= 0.3 is 0 Å². The van der Waals surface area contributed by atoms with E-state index in [0.29, 0.717) is 0 Å². The molecular weight excluding hydrogens is 270 g/mol. The van der Waals surface area contributed by atoms with E-state index in [-0.39, 0.29) is 16.2 Å². The van der Waals surface area contributed by atoms with Crippen LogP contribution in [0.3, 0.4) is 0 Å².